The fourth-order valence-corrected chi connectivity index (χ4v) is 2.79. The normalized spacial score (nSPS) is 18.7. The molecule has 2 rings (SSSR count). The van der Waals surface area contributed by atoms with Crippen LogP contribution in [-0.2, 0) is 6.54 Å². The Balaban J connectivity index is 1.92. The zero-order chi connectivity index (χ0) is 13.7. The molecular weight excluding hydrogens is 308 g/mol. The molecule has 1 saturated heterocycles. The Hall–Kier alpha value is -0.880. The summed E-state index contributed by atoms with van der Waals surface area (Å²) in [7, 11) is 0. The van der Waals surface area contributed by atoms with Gasteiger partial charge in [0.1, 0.15) is 4.47 Å². The van der Waals surface area contributed by atoms with Gasteiger partial charge in [0.15, 0.2) is 0 Å². The average Bonchev–Trinajstić information content (AvgIpc) is 2.91. The van der Waals surface area contributed by atoms with Gasteiger partial charge < -0.3 is 10.6 Å². The lowest BCUT2D eigenvalue weighted by atomic mass is 10.1. The van der Waals surface area contributed by atoms with Gasteiger partial charge in [0, 0.05) is 19.1 Å². The van der Waals surface area contributed by atoms with Crippen molar-refractivity contribution >= 4 is 21.6 Å². The van der Waals surface area contributed by atoms with Crippen molar-refractivity contribution in [3.05, 3.63) is 21.0 Å². The van der Waals surface area contributed by atoms with Gasteiger partial charge >= 0.3 is 0 Å². The summed E-state index contributed by atoms with van der Waals surface area (Å²) in [6.45, 7) is 4.67. The van der Waals surface area contributed by atoms with E-state index >= 15 is 0 Å². The van der Waals surface area contributed by atoms with E-state index in [1.165, 1.54) is 17.5 Å². The molecule has 106 valence electrons. The van der Waals surface area contributed by atoms with Crippen LogP contribution in [0.15, 0.2) is 15.5 Å². The van der Waals surface area contributed by atoms with Crippen LogP contribution in [0.2, 0.25) is 0 Å². The Bertz CT molecular complexity index is 468. The molecule has 0 amide bonds. The number of aryl methyl sites for hydroxylation is 1. The molecule has 6 heteroatoms. The molecule has 0 radical (unpaired) electrons. The van der Waals surface area contributed by atoms with Crippen LogP contribution in [0.3, 0.4) is 0 Å². The van der Waals surface area contributed by atoms with Crippen LogP contribution >= 0.6 is 15.9 Å². The summed E-state index contributed by atoms with van der Waals surface area (Å²) in [4.78, 5) is 12.0. The molecule has 1 aromatic heterocycles. The molecule has 0 bridgehead atoms. The fourth-order valence-electron chi connectivity index (χ4n) is 2.34. The van der Waals surface area contributed by atoms with E-state index in [-0.39, 0.29) is 5.56 Å². The number of halogens is 1. The van der Waals surface area contributed by atoms with Crippen molar-refractivity contribution in [1.82, 2.24) is 15.1 Å². The van der Waals surface area contributed by atoms with Crippen molar-refractivity contribution in [3.63, 3.8) is 0 Å². The molecule has 1 atom stereocenters. The van der Waals surface area contributed by atoms with Crippen LogP contribution in [0.5, 0.6) is 0 Å². The fraction of sp³-hybridized carbons (Fsp3) is 0.692. The number of aromatic nitrogens is 2. The van der Waals surface area contributed by atoms with E-state index in [0.29, 0.717) is 17.1 Å². The molecule has 0 saturated carbocycles. The van der Waals surface area contributed by atoms with Crippen molar-refractivity contribution in [2.24, 2.45) is 0 Å². The smallest absolute Gasteiger partial charge is 0.283 e. The molecule has 2 N–H and O–H groups in total. The Morgan fingerprint density at radius 2 is 2.47 bits per heavy atom. The summed E-state index contributed by atoms with van der Waals surface area (Å²) in [5, 5.41) is 10.9. The number of anilines is 1. The van der Waals surface area contributed by atoms with E-state index in [4.69, 9.17) is 0 Å². The summed E-state index contributed by atoms with van der Waals surface area (Å²) < 4.78 is 2.07. The average molecular weight is 329 g/mol. The molecule has 19 heavy (non-hydrogen) atoms. The lowest BCUT2D eigenvalue weighted by molar-refractivity contribution is 0.563. The van der Waals surface area contributed by atoms with E-state index in [0.717, 1.165) is 31.6 Å². The van der Waals surface area contributed by atoms with Gasteiger partial charge in [-0.1, -0.05) is 6.92 Å². The highest BCUT2D eigenvalue weighted by Crippen LogP contribution is 2.17. The second-order valence-electron chi connectivity index (χ2n) is 4.91. The van der Waals surface area contributed by atoms with Crippen LogP contribution in [0, 0.1) is 0 Å². The molecule has 0 aromatic carbocycles. The van der Waals surface area contributed by atoms with E-state index in [1.54, 1.807) is 6.20 Å². The third-order valence-electron chi connectivity index (χ3n) is 3.39. The number of hydrogen-bond donors (Lipinski definition) is 2. The third kappa shape index (κ3) is 3.79. The van der Waals surface area contributed by atoms with Crippen LogP contribution in [-0.4, -0.2) is 28.9 Å². The zero-order valence-electron chi connectivity index (χ0n) is 11.3. The Morgan fingerprint density at radius 1 is 1.63 bits per heavy atom. The van der Waals surface area contributed by atoms with Crippen molar-refractivity contribution in [2.45, 2.75) is 45.2 Å². The monoisotopic (exact) mass is 328 g/mol. The summed E-state index contributed by atoms with van der Waals surface area (Å²) in [6.07, 6.45) is 6.22. The van der Waals surface area contributed by atoms with Crippen LogP contribution in [0.4, 0.5) is 5.69 Å². The SMILES string of the molecule is CCCn1ncc(NCCC2CCCN2)c(Br)c1=O. The second kappa shape index (κ2) is 7.05. The Labute approximate surface area is 121 Å². The molecule has 1 aromatic rings. The summed E-state index contributed by atoms with van der Waals surface area (Å²) in [5.41, 5.74) is 0.723. The summed E-state index contributed by atoms with van der Waals surface area (Å²) in [5.74, 6) is 0. The Morgan fingerprint density at radius 3 is 3.16 bits per heavy atom. The van der Waals surface area contributed by atoms with Crippen molar-refractivity contribution in [1.29, 1.82) is 0 Å². The number of nitrogens with one attached hydrogen (secondary N) is 2. The maximum atomic E-state index is 12.0. The van der Waals surface area contributed by atoms with Crippen molar-refractivity contribution in [3.8, 4) is 0 Å². The van der Waals surface area contributed by atoms with Gasteiger partial charge in [-0.05, 0) is 48.2 Å². The van der Waals surface area contributed by atoms with Crippen LogP contribution in [0.1, 0.15) is 32.6 Å². The van der Waals surface area contributed by atoms with Gasteiger partial charge in [0.05, 0.1) is 11.9 Å². The molecule has 5 nitrogen and oxygen atoms in total. The van der Waals surface area contributed by atoms with Gasteiger partial charge in [-0.3, -0.25) is 4.79 Å². The van der Waals surface area contributed by atoms with E-state index in [1.807, 2.05) is 6.92 Å². The van der Waals surface area contributed by atoms with Gasteiger partial charge in [0.2, 0.25) is 0 Å². The van der Waals surface area contributed by atoms with Gasteiger partial charge in [0.25, 0.3) is 5.56 Å². The predicted octanol–water partition coefficient (Wildman–Crippen LogP) is 1.97. The third-order valence-corrected chi connectivity index (χ3v) is 4.16. The molecule has 1 fully saturated rings. The minimum Gasteiger partial charge on any atom is -0.383 e. The first kappa shape index (κ1) is 14.5. The molecule has 0 aliphatic carbocycles. The molecule has 1 aliphatic heterocycles. The second-order valence-corrected chi connectivity index (χ2v) is 5.70. The molecule has 2 heterocycles. The summed E-state index contributed by atoms with van der Waals surface area (Å²) in [6, 6.07) is 0.611. The number of hydrogen-bond acceptors (Lipinski definition) is 4. The summed E-state index contributed by atoms with van der Waals surface area (Å²) >= 11 is 3.36. The standard InChI is InChI=1S/C13H21BrN4O/c1-2-8-18-13(19)12(14)11(9-17-18)16-7-5-10-4-3-6-15-10/h9-10,15-16H,2-8H2,1H3. The lowest BCUT2D eigenvalue weighted by Crippen LogP contribution is -2.26. The van der Waals surface area contributed by atoms with Crippen LogP contribution < -0.4 is 16.2 Å². The zero-order valence-corrected chi connectivity index (χ0v) is 12.9. The molecule has 1 unspecified atom stereocenters. The predicted molar refractivity (Wildman–Crippen MR) is 80.6 cm³/mol. The quantitative estimate of drug-likeness (QED) is 0.838. The van der Waals surface area contributed by atoms with Crippen molar-refractivity contribution < 1.29 is 0 Å². The lowest BCUT2D eigenvalue weighted by Gasteiger charge is -2.13. The van der Waals surface area contributed by atoms with E-state index in [9.17, 15) is 4.79 Å². The minimum absolute atomic E-state index is 0.0640. The highest BCUT2D eigenvalue weighted by atomic mass is 79.9. The molecule has 0 spiro atoms. The van der Waals surface area contributed by atoms with Crippen molar-refractivity contribution in [2.75, 3.05) is 18.4 Å². The van der Waals surface area contributed by atoms with Gasteiger partial charge in [-0.2, -0.15) is 5.10 Å². The highest BCUT2D eigenvalue weighted by molar-refractivity contribution is 9.10. The molecule has 1 aliphatic rings. The Kier molecular flexibility index (Phi) is 5.39. The van der Waals surface area contributed by atoms with E-state index in [2.05, 4.69) is 31.7 Å². The van der Waals surface area contributed by atoms with Gasteiger partial charge in [-0.25, -0.2) is 4.68 Å². The first-order valence-electron chi connectivity index (χ1n) is 6.95. The van der Waals surface area contributed by atoms with E-state index < -0.39 is 0 Å². The number of nitrogens with zero attached hydrogens (tertiary/aromatic N) is 2. The maximum absolute atomic E-state index is 12.0. The first-order valence-corrected chi connectivity index (χ1v) is 7.74. The first-order chi connectivity index (χ1) is 9.22. The largest absolute Gasteiger partial charge is 0.383 e. The van der Waals surface area contributed by atoms with Gasteiger partial charge in [-0.15, -0.1) is 0 Å². The maximum Gasteiger partial charge on any atom is 0.283 e. The van der Waals surface area contributed by atoms with Crippen LogP contribution in [0.25, 0.3) is 0 Å². The molecular formula is C13H21BrN4O. The minimum atomic E-state index is -0.0640. The topological polar surface area (TPSA) is 59.0 Å². The highest BCUT2D eigenvalue weighted by Gasteiger charge is 2.14. The number of rotatable bonds is 6.